The van der Waals surface area contributed by atoms with Gasteiger partial charge >= 0.3 is 0 Å². The molecular weight excluding hydrogens is 355 g/mol. The van der Waals surface area contributed by atoms with Gasteiger partial charge in [0.25, 0.3) is 0 Å². The Morgan fingerprint density at radius 1 is 1.26 bits per heavy atom. The zero-order valence-corrected chi connectivity index (χ0v) is 14.8. The van der Waals surface area contributed by atoms with E-state index in [4.69, 9.17) is 4.74 Å². The zero-order valence-electron chi connectivity index (χ0n) is 12.4. The molecule has 0 bridgehead atoms. The Morgan fingerprint density at radius 2 is 1.95 bits per heavy atom. The van der Waals surface area contributed by atoms with Crippen LogP contribution in [0.5, 0.6) is 0 Å². The van der Waals surface area contributed by atoms with Gasteiger partial charge in [-0.3, -0.25) is 9.89 Å². The van der Waals surface area contributed by atoms with Crippen LogP contribution in [0.3, 0.4) is 0 Å². The van der Waals surface area contributed by atoms with Gasteiger partial charge in [-0.2, -0.15) is 0 Å². The van der Waals surface area contributed by atoms with Gasteiger partial charge < -0.3 is 15.4 Å². The topological polar surface area (TPSA) is 48.9 Å². The van der Waals surface area contributed by atoms with Crippen molar-refractivity contribution >= 4 is 29.9 Å². The highest BCUT2D eigenvalue weighted by molar-refractivity contribution is 14.0. The highest BCUT2D eigenvalue weighted by atomic mass is 127. The molecule has 1 saturated carbocycles. The molecule has 1 aliphatic rings. The van der Waals surface area contributed by atoms with Crippen molar-refractivity contribution in [2.75, 3.05) is 46.9 Å². The zero-order chi connectivity index (χ0) is 13.2. The van der Waals surface area contributed by atoms with Crippen LogP contribution in [0.2, 0.25) is 0 Å². The molecule has 0 atom stereocenters. The van der Waals surface area contributed by atoms with E-state index in [2.05, 4.69) is 27.4 Å². The van der Waals surface area contributed by atoms with Crippen LogP contribution in [0, 0.1) is 0 Å². The molecule has 0 aromatic heterocycles. The number of nitrogens with one attached hydrogen (secondary N) is 2. The van der Waals surface area contributed by atoms with E-state index in [0.717, 1.165) is 51.2 Å². The van der Waals surface area contributed by atoms with Gasteiger partial charge in [-0.15, -0.1) is 24.0 Å². The average molecular weight is 384 g/mol. The minimum absolute atomic E-state index is 0. The van der Waals surface area contributed by atoms with E-state index < -0.39 is 0 Å². The van der Waals surface area contributed by atoms with Crippen LogP contribution in [0.15, 0.2) is 4.99 Å². The summed E-state index contributed by atoms with van der Waals surface area (Å²) in [6.07, 6.45) is 3.79. The van der Waals surface area contributed by atoms with Crippen LogP contribution in [0.4, 0.5) is 0 Å². The summed E-state index contributed by atoms with van der Waals surface area (Å²) >= 11 is 0. The van der Waals surface area contributed by atoms with Crippen molar-refractivity contribution < 1.29 is 4.74 Å². The summed E-state index contributed by atoms with van der Waals surface area (Å²) in [6, 6.07) is 0.785. The molecule has 2 N–H and O–H groups in total. The van der Waals surface area contributed by atoms with Gasteiger partial charge in [0, 0.05) is 46.4 Å². The summed E-state index contributed by atoms with van der Waals surface area (Å²) in [6.45, 7) is 6.96. The Balaban J connectivity index is 0.00000324. The second-order valence-electron chi connectivity index (χ2n) is 4.69. The number of hydrogen-bond donors (Lipinski definition) is 2. The number of halogens is 1. The molecule has 0 aromatic rings. The van der Waals surface area contributed by atoms with E-state index in [1.165, 1.54) is 12.8 Å². The lowest BCUT2D eigenvalue weighted by molar-refractivity contribution is 0.144. The van der Waals surface area contributed by atoms with E-state index in [1.807, 2.05) is 7.05 Å². The predicted molar refractivity (Wildman–Crippen MR) is 91.5 cm³/mol. The van der Waals surface area contributed by atoms with Crippen molar-refractivity contribution in [1.82, 2.24) is 15.5 Å². The molecule has 19 heavy (non-hydrogen) atoms. The van der Waals surface area contributed by atoms with Gasteiger partial charge in [0.15, 0.2) is 5.96 Å². The maximum absolute atomic E-state index is 5.15. The van der Waals surface area contributed by atoms with Gasteiger partial charge in [-0.25, -0.2) is 0 Å². The van der Waals surface area contributed by atoms with Gasteiger partial charge in [-0.1, -0.05) is 6.92 Å². The fourth-order valence-electron chi connectivity index (χ4n) is 1.91. The van der Waals surface area contributed by atoms with Crippen LogP contribution >= 0.6 is 24.0 Å². The smallest absolute Gasteiger partial charge is 0.191 e. The Labute approximate surface area is 134 Å². The van der Waals surface area contributed by atoms with Crippen molar-refractivity contribution in [2.45, 2.75) is 32.2 Å². The number of methoxy groups -OCH3 is 1. The molecule has 0 unspecified atom stereocenters. The van der Waals surface area contributed by atoms with Gasteiger partial charge in [-0.05, 0) is 19.3 Å². The standard InChI is InChI=1S/C13H28N4O.HI/c1-4-7-15-13(14-2)16-8-9-17(10-11-18-3)12-5-6-12;/h12H,4-11H2,1-3H3,(H2,14,15,16);1H. The Hall–Kier alpha value is -0.0800. The maximum atomic E-state index is 5.15. The number of guanidine groups is 1. The highest BCUT2D eigenvalue weighted by Crippen LogP contribution is 2.25. The van der Waals surface area contributed by atoms with Crippen molar-refractivity contribution in [3.63, 3.8) is 0 Å². The van der Waals surface area contributed by atoms with Crippen LogP contribution < -0.4 is 10.6 Å². The third-order valence-electron chi connectivity index (χ3n) is 3.10. The third-order valence-corrected chi connectivity index (χ3v) is 3.10. The first-order valence-corrected chi connectivity index (χ1v) is 6.99. The van der Waals surface area contributed by atoms with Crippen molar-refractivity contribution in [2.24, 2.45) is 4.99 Å². The van der Waals surface area contributed by atoms with E-state index in [0.29, 0.717) is 0 Å². The minimum atomic E-state index is 0. The first-order chi connectivity index (χ1) is 8.81. The summed E-state index contributed by atoms with van der Waals surface area (Å²) in [4.78, 5) is 6.70. The molecule has 1 fully saturated rings. The lowest BCUT2D eigenvalue weighted by Crippen LogP contribution is -2.42. The number of rotatable bonds is 9. The van der Waals surface area contributed by atoms with Crippen molar-refractivity contribution in [1.29, 1.82) is 0 Å². The number of hydrogen-bond acceptors (Lipinski definition) is 3. The average Bonchev–Trinajstić information content (AvgIpc) is 3.21. The molecule has 114 valence electrons. The normalized spacial score (nSPS) is 15.3. The summed E-state index contributed by atoms with van der Waals surface area (Å²) in [5.41, 5.74) is 0. The van der Waals surface area contributed by atoms with E-state index in [9.17, 15) is 0 Å². The Kier molecular flexibility index (Phi) is 11.7. The quantitative estimate of drug-likeness (QED) is 0.357. The highest BCUT2D eigenvalue weighted by Gasteiger charge is 2.28. The molecule has 0 saturated heterocycles. The first-order valence-electron chi connectivity index (χ1n) is 6.99. The largest absolute Gasteiger partial charge is 0.383 e. The molecule has 5 nitrogen and oxygen atoms in total. The third kappa shape index (κ3) is 8.65. The Bertz CT molecular complexity index is 247. The number of nitrogens with zero attached hydrogens (tertiary/aromatic N) is 2. The van der Waals surface area contributed by atoms with Crippen molar-refractivity contribution in [3.05, 3.63) is 0 Å². The second kappa shape index (κ2) is 11.7. The van der Waals surface area contributed by atoms with Gasteiger partial charge in [0.2, 0.25) is 0 Å². The molecule has 0 aromatic carbocycles. The monoisotopic (exact) mass is 384 g/mol. The van der Waals surface area contributed by atoms with E-state index >= 15 is 0 Å². The lowest BCUT2D eigenvalue weighted by atomic mass is 10.4. The minimum Gasteiger partial charge on any atom is -0.383 e. The van der Waals surface area contributed by atoms with Crippen LogP contribution in [-0.2, 0) is 4.74 Å². The van der Waals surface area contributed by atoms with Crippen molar-refractivity contribution in [3.8, 4) is 0 Å². The SMILES string of the molecule is CCCNC(=NC)NCCN(CCOC)C1CC1.I. The first kappa shape index (κ1) is 18.9. The van der Waals surface area contributed by atoms with Gasteiger partial charge in [0.1, 0.15) is 0 Å². The molecule has 0 spiro atoms. The summed E-state index contributed by atoms with van der Waals surface area (Å²) in [5.74, 6) is 0.902. The van der Waals surface area contributed by atoms with Gasteiger partial charge in [0.05, 0.1) is 6.61 Å². The molecule has 0 aliphatic heterocycles. The molecule has 0 radical (unpaired) electrons. The maximum Gasteiger partial charge on any atom is 0.191 e. The van der Waals surface area contributed by atoms with E-state index in [1.54, 1.807) is 7.11 Å². The Morgan fingerprint density at radius 3 is 2.47 bits per heavy atom. The molecule has 6 heteroatoms. The van der Waals surface area contributed by atoms with E-state index in [-0.39, 0.29) is 24.0 Å². The summed E-state index contributed by atoms with van der Waals surface area (Å²) in [7, 11) is 3.58. The molecule has 0 amide bonds. The molecule has 0 heterocycles. The molecular formula is C13H29IN4O. The van der Waals surface area contributed by atoms with Crippen LogP contribution in [0.1, 0.15) is 26.2 Å². The van der Waals surface area contributed by atoms with Crippen LogP contribution in [-0.4, -0.2) is 63.8 Å². The summed E-state index contributed by atoms with van der Waals surface area (Å²) < 4.78 is 5.15. The molecule has 1 aliphatic carbocycles. The fraction of sp³-hybridized carbons (Fsp3) is 0.923. The predicted octanol–water partition coefficient (Wildman–Crippen LogP) is 1.29. The summed E-state index contributed by atoms with van der Waals surface area (Å²) in [5, 5.41) is 6.63. The lowest BCUT2D eigenvalue weighted by Gasteiger charge is -2.22. The fourth-order valence-corrected chi connectivity index (χ4v) is 1.91. The molecule has 1 rings (SSSR count). The second-order valence-corrected chi connectivity index (χ2v) is 4.69. The number of ether oxygens (including phenoxy) is 1. The number of aliphatic imine (C=N–C) groups is 1. The van der Waals surface area contributed by atoms with Crippen LogP contribution in [0.25, 0.3) is 0 Å².